The maximum atomic E-state index is 12.7. The summed E-state index contributed by atoms with van der Waals surface area (Å²) in [4.78, 5) is 19.8. The summed E-state index contributed by atoms with van der Waals surface area (Å²) in [5.74, 6) is 0.944. The van der Waals surface area contributed by atoms with Crippen LogP contribution in [0.1, 0.15) is 37.7 Å². The van der Waals surface area contributed by atoms with E-state index in [0.29, 0.717) is 41.5 Å². The molecule has 5 rings (SSSR count). The molecule has 11 heteroatoms. The van der Waals surface area contributed by atoms with Crippen LogP contribution in [0, 0.1) is 5.92 Å². The van der Waals surface area contributed by atoms with E-state index in [9.17, 15) is 13.2 Å². The van der Waals surface area contributed by atoms with Crippen molar-refractivity contribution in [3.63, 3.8) is 0 Å². The van der Waals surface area contributed by atoms with Gasteiger partial charge in [-0.05, 0) is 55.8 Å². The number of amides is 1. The van der Waals surface area contributed by atoms with E-state index in [2.05, 4.69) is 25.5 Å². The van der Waals surface area contributed by atoms with E-state index in [1.807, 2.05) is 12.1 Å². The Bertz CT molecular complexity index is 1070. The molecule has 0 spiro atoms. The molecule has 3 heterocycles. The summed E-state index contributed by atoms with van der Waals surface area (Å²) in [7, 11) is -1.88. The van der Waals surface area contributed by atoms with Crippen molar-refractivity contribution >= 4 is 39.3 Å². The predicted octanol–water partition coefficient (Wildman–Crippen LogP) is 2.42. The molecule has 1 atom stereocenters. The Labute approximate surface area is 225 Å². The molecule has 0 aromatic heterocycles. The molecule has 8 nitrogen and oxygen atoms in total. The highest BCUT2D eigenvalue weighted by atomic mass is 35.5. The van der Waals surface area contributed by atoms with Crippen molar-refractivity contribution in [1.82, 2.24) is 23.7 Å². The van der Waals surface area contributed by atoms with Crippen LogP contribution in [-0.4, -0.2) is 105 Å². The van der Waals surface area contributed by atoms with Gasteiger partial charge in [0.05, 0.1) is 10.0 Å². The number of likely N-dealkylation sites (tertiary alicyclic amines) is 2. The standard InChI is InChI=1S/C25H37Cl2N5O3S/c1-28-36(34,35)32-12-10-30(11-13-32)21-16-29(17-21)9-8-25(20-4-5-22(26)23(27)14-20)7-6-24(33)31(18-25)15-19-2-3-19/h4-5,14,19,21,28H,2-3,6-13,15-18H2,1H3/t25-/m1/s1. The van der Waals surface area contributed by atoms with Gasteiger partial charge in [0.2, 0.25) is 5.91 Å². The van der Waals surface area contributed by atoms with Crippen LogP contribution in [0.4, 0.5) is 0 Å². The second kappa shape index (κ2) is 10.7. The van der Waals surface area contributed by atoms with E-state index >= 15 is 0 Å². The second-order valence-corrected chi connectivity index (χ2v) is 13.6. The van der Waals surface area contributed by atoms with Crippen molar-refractivity contribution < 1.29 is 13.2 Å². The molecule has 4 aliphatic rings. The Kier molecular flexibility index (Phi) is 7.90. The van der Waals surface area contributed by atoms with Crippen LogP contribution in [0.2, 0.25) is 10.0 Å². The van der Waals surface area contributed by atoms with Crippen molar-refractivity contribution in [3.8, 4) is 0 Å². The van der Waals surface area contributed by atoms with Gasteiger partial charge < -0.3 is 9.80 Å². The molecule has 0 radical (unpaired) electrons. The van der Waals surface area contributed by atoms with Gasteiger partial charge in [-0.15, -0.1) is 0 Å². The van der Waals surface area contributed by atoms with Gasteiger partial charge in [0.1, 0.15) is 0 Å². The van der Waals surface area contributed by atoms with E-state index in [1.54, 1.807) is 0 Å². The van der Waals surface area contributed by atoms with Gasteiger partial charge in [-0.25, -0.2) is 4.72 Å². The summed E-state index contributed by atoms with van der Waals surface area (Å²) in [6, 6.07) is 6.46. The molecule has 4 fully saturated rings. The molecule has 3 saturated heterocycles. The highest BCUT2D eigenvalue weighted by Gasteiger charge is 2.43. The van der Waals surface area contributed by atoms with Gasteiger partial charge in [0, 0.05) is 77.3 Å². The van der Waals surface area contributed by atoms with E-state index in [0.717, 1.165) is 58.7 Å². The number of halogens is 2. The van der Waals surface area contributed by atoms with Crippen LogP contribution >= 0.6 is 23.2 Å². The molecule has 3 aliphatic heterocycles. The number of piperazine rings is 1. The van der Waals surface area contributed by atoms with Crippen LogP contribution < -0.4 is 4.72 Å². The van der Waals surface area contributed by atoms with Gasteiger partial charge in [-0.2, -0.15) is 12.7 Å². The van der Waals surface area contributed by atoms with Crippen molar-refractivity contribution in [2.24, 2.45) is 5.92 Å². The lowest BCUT2D eigenvalue weighted by molar-refractivity contribution is -0.136. The van der Waals surface area contributed by atoms with Crippen molar-refractivity contribution in [2.45, 2.75) is 43.6 Å². The molecule has 0 bridgehead atoms. The Morgan fingerprint density at radius 2 is 1.81 bits per heavy atom. The van der Waals surface area contributed by atoms with Gasteiger partial charge in [0.15, 0.2) is 0 Å². The molecule has 0 unspecified atom stereocenters. The number of carbonyl (C=O) groups excluding carboxylic acids is 1. The first kappa shape index (κ1) is 26.7. The molecule has 36 heavy (non-hydrogen) atoms. The topological polar surface area (TPSA) is 76.2 Å². The molecule has 1 aliphatic carbocycles. The monoisotopic (exact) mass is 557 g/mol. The zero-order valence-corrected chi connectivity index (χ0v) is 23.3. The number of carbonyl (C=O) groups is 1. The van der Waals surface area contributed by atoms with Crippen LogP contribution in [-0.2, 0) is 20.4 Å². The van der Waals surface area contributed by atoms with E-state index in [4.69, 9.17) is 23.2 Å². The number of nitrogens with zero attached hydrogens (tertiary/aromatic N) is 4. The van der Waals surface area contributed by atoms with Crippen LogP contribution in [0.5, 0.6) is 0 Å². The minimum Gasteiger partial charge on any atom is -0.342 e. The Morgan fingerprint density at radius 3 is 2.44 bits per heavy atom. The Morgan fingerprint density at radius 1 is 1.08 bits per heavy atom. The quantitative estimate of drug-likeness (QED) is 0.504. The molecule has 200 valence electrons. The third-order valence-electron chi connectivity index (χ3n) is 8.60. The van der Waals surface area contributed by atoms with Gasteiger partial charge in [-0.1, -0.05) is 29.3 Å². The maximum absolute atomic E-state index is 12.7. The number of hydrogen-bond acceptors (Lipinski definition) is 5. The maximum Gasteiger partial charge on any atom is 0.279 e. The van der Waals surface area contributed by atoms with E-state index in [-0.39, 0.29) is 11.3 Å². The van der Waals surface area contributed by atoms with E-state index < -0.39 is 10.2 Å². The van der Waals surface area contributed by atoms with E-state index in [1.165, 1.54) is 29.8 Å². The lowest BCUT2D eigenvalue weighted by atomic mass is 9.71. The highest BCUT2D eigenvalue weighted by Crippen LogP contribution is 2.42. The van der Waals surface area contributed by atoms with Gasteiger partial charge in [-0.3, -0.25) is 9.69 Å². The number of benzene rings is 1. The zero-order valence-electron chi connectivity index (χ0n) is 21.0. The average Bonchev–Trinajstić information content (AvgIpc) is 3.66. The SMILES string of the molecule is CNS(=O)(=O)N1CCN(C2CN(CC[C@]3(c4ccc(Cl)c(Cl)c4)CCC(=O)N(CC4CC4)C3)C2)CC1. The predicted molar refractivity (Wildman–Crippen MR) is 143 cm³/mol. The highest BCUT2D eigenvalue weighted by molar-refractivity contribution is 7.87. The number of nitrogens with one attached hydrogen (secondary N) is 1. The third kappa shape index (κ3) is 5.72. The minimum atomic E-state index is -3.34. The molecule has 1 aromatic carbocycles. The fraction of sp³-hybridized carbons (Fsp3) is 0.720. The Hall–Kier alpha value is -0.940. The largest absolute Gasteiger partial charge is 0.342 e. The molecular weight excluding hydrogens is 521 g/mol. The molecule has 1 aromatic rings. The van der Waals surface area contributed by atoms with Gasteiger partial charge >= 0.3 is 0 Å². The number of piperidine rings is 1. The molecule has 1 saturated carbocycles. The average molecular weight is 559 g/mol. The summed E-state index contributed by atoms with van der Waals surface area (Å²) in [5.41, 5.74) is 1.07. The fourth-order valence-electron chi connectivity index (χ4n) is 5.99. The lowest BCUT2D eigenvalue weighted by Crippen LogP contribution is -2.64. The first-order valence-corrected chi connectivity index (χ1v) is 15.3. The normalized spacial score (nSPS) is 27.4. The second-order valence-electron chi connectivity index (χ2n) is 10.9. The minimum absolute atomic E-state index is 0.116. The summed E-state index contributed by atoms with van der Waals surface area (Å²) >= 11 is 12.7. The lowest BCUT2D eigenvalue weighted by Gasteiger charge is -2.50. The van der Waals surface area contributed by atoms with Crippen LogP contribution in [0.3, 0.4) is 0 Å². The molecule has 1 N–H and O–H groups in total. The van der Waals surface area contributed by atoms with Crippen LogP contribution in [0.15, 0.2) is 18.2 Å². The first-order valence-electron chi connectivity index (χ1n) is 13.1. The summed E-state index contributed by atoms with van der Waals surface area (Å²) in [6.07, 6.45) is 4.85. The fourth-order valence-corrected chi connectivity index (χ4v) is 7.19. The summed E-state index contributed by atoms with van der Waals surface area (Å²) in [6.45, 7) is 7.20. The smallest absolute Gasteiger partial charge is 0.279 e. The van der Waals surface area contributed by atoms with Gasteiger partial charge in [0.25, 0.3) is 10.2 Å². The molecular formula is C25H37Cl2N5O3S. The third-order valence-corrected chi connectivity index (χ3v) is 10.9. The van der Waals surface area contributed by atoms with Crippen molar-refractivity contribution in [1.29, 1.82) is 0 Å². The van der Waals surface area contributed by atoms with Crippen LogP contribution in [0.25, 0.3) is 0 Å². The summed E-state index contributed by atoms with van der Waals surface area (Å²) in [5, 5.41) is 1.13. The zero-order chi connectivity index (χ0) is 25.5. The van der Waals surface area contributed by atoms with Crippen molar-refractivity contribution in [2.75, 3.05) is 66.0 Å². The Balaban J connectivity index is 1.20. The number of rotatable bonds is 9. The molecule has 1 amide bonds. The number of hydrogen-bond donors (Lipinski definition) is 1. The summed E-state index contributed by atoms with van der Waals surface area (Å²) < 4.78 is 28.0. The first-order chi connectivity index (χ1) is 17.2. The van der Waals surface area contributed by atoms with Crippen molar-refractivity contribution in [3.05, 3.63) is 33.8 Å².